The number of aromatic hydroxyl groups is 1. The van der Waals surface area contributed by atoms with E-state index in [1.807, 2.05) is 42.5 Å². The van der Waals surface area contributed by atoms with Gasteiger partial charge in [-0.05, 0) is 72.1 Å². The molecule has 0 atom stereocenters. The van der Waals surface area contributed by atoms with Crippen LogP contribution in [0.1, 0.15) is 21.5 Å². The predicted octanol–water partition coefficient (Wildman–Crippen LogP) is 6.48. The van der Waals surface area contributed by atoms with Crippen LogP contribution in [0, 0.1) is 5.41 Å². The number of ether oxygens (including phenoxy) is 2. The monoisotopic (exact) mass is 623 g/mol. The summed E-state index contributed by atoms with van der Waals surface area (Å²) in [6, 6.07) is 26.3. The molecule has 0 aliphatic rings. The van der Waals surface area contributed by atoms with E-state index in [-0.39, 0.29) is 16.3 Å². The Morgan fingerprint density at radius 2 is 1.77 bits per heavy atom. The van der Waals surface area contributed by atoms with E-state index in [0.717, 1.165) is 40.7 Å². The second kappa shape index (κ2) is 15.7. The number of primary amides is 1. The summed E-state index contributed by atoms with van der Waals surface area (Å²) < 4.78 is 12.8. The zero-order valence-electron chi connectivity index (χ0n) is 22.0. The molecule has 1 amide bonds. The average Bonchev–Trinajstić information content (AvgIpc) is 2.97. The SMILES string of the molecule is COc1cc(C=N)cc(-c2ccccc2)c1OCCNCCc1ccc(Br)cc1.NC(=O)c1ccc(O)c(Cl)c1. The van der Waals surface area contributed by atoms with Crippen LogP contribution >= 0.6 is 27.5 Å². The van der Waals surface area contributed by atoms with E-state index in [4.69, 9.17) is 37.3 Å². The van der Waals surface area contributed by atoms with E-state index in [1.165, 1.54) is 30.0 Å². The molecule has 7 nitrogen and oxygen atoms in total. The molecule has 0 aromatic heterocycles. The van der Waals surface area contributed by atoms with Crippen LogP contribution in [-0.2, 0) is 6.42 Å². The number of hydrogen-bond donors (Lipinski definition) is 4. The lowest BCUT2D eigenvalue weighted by Gasteiger charge is -2.17. The van der Waals surface area contributed by atoms with Gasteiger partial charge in [-0.3, -0.25) is 4.79 Å². The molecule has 0 fully saturated rings. The molecule has 4 aromatic carbocycles. The van der Waals surface area contributed by atoms with Crippen LogP contribution in [0.4, 0.5) is 0 Å². The highest BCUT2D eigenvalue weighted by molar-refractivity contribution is 9.10. The van der Waals surface area contributed by atoms with E-state index >= 15 is 0 Å². The fraction of sp³-hybridized carbons (Fsp3) is 0.161. The minimum absolute atomic E-state index is 0.0586. The topological polar surface area (TPSA) is 118 Å². The predicted molar refractivity (Wildman–Crippen MR) is 164 cm³/mol. The van der Waals surface area contributed by atoms with Crippen molar-refractivity contribution in [2.75, 3.05) is 26.8 Å². The Morgan fingerprint density at radius 1 is 1.05 bits per heavy atom. The van der Waals surface area contributed by atoms with Gasteiger partial charge in [-0.1, -0.05) is 70.0 Å². The van der Waals surface area contributed by atoms with Gasteiger partial charge >= 0.3 is 0 Å². The molecule has 0 unspecified atom stereocenters. The number of benzene rings is 4. The van der Waals surface area contributed by atoms with Gasteiger partial charge in [-0.25, -0.2) is 0 Å². The third kappa shape index (κ3) is 9.12. The van der Waals surface area contributed by atoms with Gasteiger partial charge in [0.1, 0.15) is 12.4 Å². The van der Waals surface area contributed by atoms with Crippen molar-refractivity contribution in [2.45, 2.75) is 6.42 Å². The summed E-state index contributed by atoms with van der Waals surface area (Å²) in [4.78, 5) is 10.5. The fourth-order valence-electron chi connectivity index (χ4n) is 3.73. The first-order valence-corrected chi connectivity index (χ1v) is 13.6. The van der Waals surface area contributed by atoms with Crippen LogP contribution in [0.15, 0.2) is 89.4 Å². The normalized spacial score (nSPS) is 10.3. The van der Waals surface area contributed by atoms with Gasteiger partial charge < -0.3 is 31.0 Å². The molecule has 0 aliphatic heterocycles. The van der Waals surface area contributed by atoms with Crippen molar-refractivity contribution in [1.82, 2.24) is 5.32 Å². The third-order valence-electron chi connectivity index (χ3n) is 5.81. The van der Waals surface area contributed by atoms with Crippen molar-refractivity contribution >= 4 is 39.7 Å². The smallest absolute Gasteiger partial charge is 0.248 e. The standard InChI is InChI=1S/C24H25BrN2O2.C7H6ClNO2/c1-28-23-16-19(17-26)15-22(20-5-3-2-4-6-20)24(23)29-14-13-27-12-11-18-7-9-21(25)10-8-18;8-5-3-4(7(9)11)1-2-6(5)10/h2-10,15-17,26-27H,11-14H2,1H3;1-3,10H,(H2,9,11). The van der Waals surface area contributed by atoms with E-state index in [1.54, 1.807) is 7.11 Å². The summed E-state index contributed by atoms with van der Waals surface area (Å²) in [6.07, 6.45) is 2.29. The Hall–Kier alpha value is -3.85. The lowest BCUT2D eigenvalue weighted by Crippen LogP contribution is -2.23. The first-order chi connectivity index (χ1) is 19.3. The highest BCUT2D eigenvalue weighted by Crippen LogP contribution is 2.39. The number of nitrogens with two attached hydrogens (primary N) is 1. The number of methoxy groups -OCH3 is 1. The molecule has 4 rings (SSSR count). The van der Waals surface area contributed by atoms with Crippen LogP contribution in [0.2, 0.25) is 5.02 Å². The summed E-state index contributed by atoms with van der Waals surface area (Å²) in [5, 5.41) is 20.1. The molecule has 0 saturated heterocycles. The maximum Gasteiger partial charge on any atom is 0.248 e. The largest absolute Gasteiger partial charge is 0.506 e. The molecule has 0 spiro atoms. The van der Waals surface area contributed by atoms with E-state index in [9.17, 15) is 4.79 Å². The lowest BCUT2D eigenvalue weighted by atomic mass is 10.0. The van der Waals surface area contributed by atoms with E-state index < -0.39 is 5.91 Å². The van der Waals surface area contributed by atoms with Crippen LogP contribution in [-0.4, -0.2) is 44.0 Å². The minimum Gasteiger partial charge on any atom is -0.506 e. The maximum atomic E-state index is 10.5. The highest BCUT2D eigenvalue weighted by Gasteiger charge is 2.14. The van der Waals surface area contributed by atoms with Gasteiger partial charge in [0.15, 0.2) is 11.5 Å². The maximum absolute atomic E-state index is 10.5. The minimum atomic E-state index is -0.563. The number of rotatable bonds is 11. The van der Waals surface area contributed by atoms with Gasteiger partial charge in [0, 0.05) is 28.4 Å². The van der Waals surface area contributed by atoms with Gasteiger partial charge in [0.25, 0.3) is 0 Å². The second-order valence-corrected chi connectivity index (χ2v) is 9.94. The average molecular weight is 625 g/mol. The van der Waals surface area contributed by atoms with Gasteiger partial charge in [-0.15, -0.1) is 0 Å². The van der Waals surface area contributed by atoms with Crippen molar-refractivity contribution in [3.8, 4) is 28.4 Å². The number of phenolic OH excluding ortho intramolecular Hbond substituents is 1. The van der Waals surface area contributed by atoms with Crippen molar-refractivity contribution in [3.63, 3.8) is 0 Å². The third-order valence-corrected chi connectivity index (χ3v) is 6.64. The summed E-state index contributed by atoms with van der Waals surface area (Å²) in [5.74, 6) is 0.724. The molecule has 0 bridgehead atoms. The highest BCUT2D eigenvalue weighted by atomic mass is 79.9. The lowest BCUT2D eigenvalue weighted by molar-refractivity contribution is 0.100. The number of phenols is 1. The Labute approximate surface area is 247 Å². The first kappa shape index (κ1) is 30.7. The number of halogens is 2. The molecular weight excluding hydrogens is 594 g/mol. The molecular formula is C31H31BrClN3O4. The second-order valence-electron chi connectivity index (χ2n) is 8.62. The zero-order valence-corrected chi connectivity index (χ0v) is 24.3. The quantitative estimate of drug-likeness (QED) is 0.113. The van der Waals surface area contributed by atoms with Crippen molar-refractivity contribution in [1.29, 1.82) is 5.41 Å². The van der Waals surface area contributed by atoms with Crippen molar-refractivity contribution in [2.24, 2.45) is 5.73 Å². The molecule has 0 saturated carbocycles. The van der Waals surface area contributed by atoms with Crippen LogP contribution in [0.3, 0.4) is 0 Å². The number of amides is 1. The van der Waals surface area contributed by atoms with Crippen molar-refractivity contribution in [3.05, 3.63) is 111 Å². The van der Waals surface area contributed by atoms with Gasteiger partial charge in [0.2, 0.25) is 5.91 Å². The Balaban J connectivity index is 0.000000336. The Kier molecular flexibility index (Phi) is 12.0. The molecule has 208 valence electrons. The number of nitrogens with one attached hydrogen (secondary N) is 2. The summed E-state index contributed by atoms with van der Waals surface area (Å²) >= 11 is 8.96. The number of hydrogen-bond acceptors (Lipinski definition) is 6. The van der Waals surface area contributed by atoms with Gasteiger partial charge in [-0.2, -0.15) is 0 Å². The molecule has 5 N–H and O–H groups in total. The van der Waals surface area contributed by atoms with Crippen LogP contribution in [0.25, 0.3) is 11.1 Å². The number of carbonyl (C=O) groups excluding carboxylic acids is 1. The molecule has 9 heteroatoms. The molecule has 0 heterocycles. The summed E-state index contributed by atoms with van der Waals surface area (Å²) in [5.41, 5.74) is 9.28. The number of carbonyl (C=O) groups is 1. The van der Waals surface area contributed by atoms with Crippen molar-refractivity contribution < 1.29 is 19.4 Å². The zero-order chi connectivity index (χ0) is 28.9. The van der Waals surface area contributed by atoms with Crippen LogP contribution in [0.5, 0.6) is 17.2 Å². The van der Waals surface area contributed by atoms with E-state index in [2.05, 4.69) is 45.5 Å². The van der Waals surface area contributed by atoms with E-state index in [0.29, 0.717) is 18.1 Å². The molecule has 0 radical (unpaired) electrons. The fourth-order valence-corrected chi connectivity index (χ4v) is 4.18. The van der Waals surface area contributed by atoms with Gasteiger partial charge in [0.05, 0.1) is 12.1 Å². The first-order valence-electron chi connectivity index (χ1n) is 12.5. The Bertz CT molecular complexity index is 1420. The molecule has 4 aromatic rings. The summed E-state index contributed by atoms with van der Waals surface area (Å²) in [6.45, 7) is 2.15. The molecule has 0 aliphatic carbocycles. The summed E-state index contributed by atoms with van der Waals surface area (Å²) in [7, 11) is 1.63. The molecule has 40 heavy (non-hydrogen) atoms. The van der Waals surface area contributed by atoms with Crippen LogP contribution < -0.4 is 20.5 Å². The Morgan fingerprint density at radius 3 is 2.40 bits per heavy atom.